The van der Waals surface area contributed by atoms with E-state index in [1.807, 2.05) is 18.2 Å². The number of hydrogen-bond acceptors (Lipinski definition) is 3. The molecular formula is C12H17NO2S. The van der Waals surface area contributed by atoms with Gasteiger partial charge in [0.05, 0.1) is 0 Å². The van der Waals surface area contributed by atoms with E-state index in [0.29, 0.717) is 6.42 Å². The van der Waals surface area contributed by atoms with E-state index in [1.54, 1.807) is 18.7 Å². The fourth-order valence-electron chi connectivity index (χ4n) is 1.16. The zero-order valence-electron chi connectivity index (χ0n) is 9.35. The smallest absolute Gasteiger partial charge is 0.323 e. The Morgan fingerprint density at radius 1 is 1.44 bits per heavy atom. The van der Waals surface area contributed by atoms with Crippen LogP contribution in [0.3, 0.4) is 0 Å². The molecule has 88 valence electrons. The Morgan fingerprint density at radius 3 is 2.62 bits per heavy atom. The van der Waals surface area contributed by atoms with E-state index in [9.17, 15) is 4.79 Å². The van der Waals surface area contributed by atoms with Gasteiger partial charge in [-0.05, 0) is 24.7 Å². The highest BCUT2D eigenvalue weighted by Crippen LogP contribution is 2.16. The van der Waals surface area contributed by atoms with Gasteiger partial charge in [0.2, 0.25) is 0 Å². The van der Waals surface area contributed by atoms with Crippen LogP contribution in [0.25, 0.3) is 0 Å². The first-order valence-electron chi connectivity index (χ1n) is 5.16. The van der Waals surface area contributed by atoms with Crippen molar-refractivity contribution in [1.82, 2.24) is 0 Å². The third kappa shape index (κ3) is 4.24. The lowest BCUT2D eigenvalue weighted by Gasteiger charge is -2.18. The van der Waals surface area contributed by atoms with Crippen LogP contribution in [0.1, 0.15) is 18.9 Å². The molecule has 1 atom stereocenters. The molecular weight excluding hydrogens is 222 g/mol. The average Bonchev–Trinajstić information content (AvgIpc) is 2.26. The summed E-state index contributed by atoms with van der Waals surface area (Å²) in [7, 11) is 0. The normalized spacial score (nSPS) is 14.4. The fourth-order valence-corrected chi connectivity index (χ4v) is 2.30. The first-order valence-corrected chi connectivity index (χ1v) is 6.32. The molecule has 1 aromatic rings. The summed E-state index contributed by atoms with van der Waals surface area (Å²) in [6.07, 6.45) is 0.486. The molecule has 0 fully saturated rings. The van der Waals surface area contributed by atoms with Crippen LogP contribution in [0, 0.1) is 0 Å². The predicted molar refractivity (Wildman–Crippen MR) is 67.4 cm³/mol. The molecule has 0 heterocycles. The van der Waals surface area contributed by atoms with Crippen molar-refractivity contribution >= 4 is 17.7 Å². The molecule has 0 aromatic heterocycles. The summed E-state index contributed by atoms with van der Waals surface area (Å²) in [5.41, 5.74) is 5.77. The van der Waals surface area contributed by atoms with Crippen LogP contribution in [0.15, 0.2) is 30.3 Å². The number of carbonyl (C=O) groups is 1. The molecule has 1 aromatic carbocycles. The third-order valence-corrected chi connectivity index (χ3v) is 3.40. The summed E-state index contributed by atoms with van der Waals surface area (Å²) in [6, 6.07) is 10.1. The molecule has 3 nitrogen and oxygen atoms in total. The molecule has 3 N–H and O–H groups in total. The lowest BCUT2D eigenvalue weighted by atomic mass is 10.0. The minimum atomic E-state index is -1.11. The van der Waals surface area contributed by atoms with Crippen LogP contribution >= 0.6 is 11.8 Å². The van der Waals surface area contributed by atoms with Gasteiger partial charge in [-0.25, -0.2) is 0 Å². The maximum atomic E-state index is 10.8. The van der Waals surface area contributed by atoms with E-state index in [-0.39, 0.29) is 0 Å². The maximum Gasteiger partial charge on any atom is 0.323 e. The molecule has 0 unspecified atom stereocenters. The standard InChI is InChI=1S/C12H17NO2S/c1-12(13,11(14)15)7-8-16-9-10-5-3-2-4-6-10/h2-6H,7-9,13H2,1H3,(H,14,15)/t12-/m1/s1. The number of rotatable bonds is 6. The van der Waals surface area contributed by atoms with Crippen molar-refractivity contribution in [2.75, 3.05) is 5.75 Å². The van der Waals surface area contributed by atoms with Crippen LogP contribution in [0.5, 0.6) is 0 Å². The average molecular weight is 239 g/mol. The van der Waals surface area contributed by atoms with Gasteiger partial charge in [-0.2, -0.15) is 11.8 Å². The largest absolute Gasteiger partial charge is 0.480 e. The first-order chi connectivity index (χ1) is 7.52. The Hall–Kier alpha value is -1.00. The summed E-state index contributed by atoms with van der Waals surface area (Å²) in [4.78, 5) is 10.8. The topological polar surface area (TPSA) is 63.3 Å². The Morgan fingerprint density at radius 2 is 2.06 bits per heavy atom. The van der Waals surface area contributed by atoms with Crippen molar-refractivity contribution in [3.05, 3.63) is 35.9 Å². The SMILES string of the molecule is C[C@@](N)(CCSCc1ccccc1)C(=O)O. The first kappa shape index (κ1) is 13.1. The Bertz CT molecular complexity index is 338. The lowest BCUT2D eigenvalue weighted by Crippen LogP contribution is -2.45. The van der Waals surface area contributed by atoms with Crippen LogP contribution in [-0.2, 0) is 10.5 Å². The third-order valence-electron chi connectivity index (χ3n) is 2.37. The summed E-state index contributed by atoms with van der Waals surface area (Å²) >= 11 is 1.71. The highest BCUT2D eigenvalue weighted by atomic mass is 32.2. The Balaban J connectivity index is 2.25. The maximum absolute atomic E-state index is 10.8. The number of carboxylic acid groups (broad SMARTS) is 1. The molecule has 0 aliphatic heterocycles. The lowest BCUT2D eigenvalue weighted by molar-refractivity contribution is -0.142. The highest BCUT2D eigenvalue weighted by molar-refractivity contribution is 7.98. The van der Waals surface area contributed by atoms with Crippen LogP contribution < -0.4 is 5.73 Å². The van der Waals surface area contributed by atoms with E-state index < -0.39 is 11.5 Å². The molecule has 0 aliphatic rings. The minimum absolute atomic E-state index is 0.486. The quantitative estimate of drug-likeness (QED) is 0.746. The summed E-state index contributed by atoms with van der Waals surface area (Å²) < 4.78 is 0. The second kappa shape index (κ2) is 5.92. The highest BCUT2D eigenvalue weighted by Gasteiger charge is 2.26. The molecule has 0 saturated carbocycles. The van der Waals surface area contributed by atoms with E-state index >= 15 is 0 Å². The van der Waals surface area contributed by atoms with Crippen molar-refractivity contribution in [1.29, 1.82) is 0 Å². The Kier molecular flexibility index (Phi) is 4.83. The second-order valence-corrected chi connectivity index (χ2v) is 5.12. The van der Waals surface area contributed by atoms with Gasteiger partial charge in [0.1, 0.15) is 5.54 Å². The molecule has 0 saturated heterocycles. The molecule has 1 rings (SSSR count). The molecule has 0 bridgehead atoms. The van der Waals surface area contributed by atoms with Gasteiger partial charge in [-0.3, -0.25) is 4.79 Å². The van der Waals surface area contributed by atoms with E-state index in [2.05, 4.69) is 12.1 Å². The van der Waals surface area contributed by atoms with Crippen LogP contribution in [-0.4, -0.2) is 22.4 Å². The monoisotopic (exact) mass is 239 g/mol. The number of thioether (sulfide) groups is 1. The van der Waals surface area contributed by atoms with E-state index in [0.717, 1.165) is 11.5 Å². The summed E-state index contributed by atoms with van der Waals surface area (Å²) in [5, 5.41) is 8.82. The number of aliphatic carboxylic acids is 1. The summed E-state index contributed by atoms with van der Waals surface area (Å²) in [5.74, 6) is 0.720. The molecule has 0 spiro atoms. The zero-order chi connectivity index (χ0) is 12.0. The molecule has 16 heavy (non-hydrogen) atoms. The van der Waals surface area contributed by atoms with Crippen molar-refractivity contribution in [3.8, 4) is 0 Å². The van der Waals surface area contributed by atoms with E-state index in [1.165, 1.54) is 5.56 Å². The number of hydrogen-bond donors (Lipinski definition) is 2. The molecule has 0 amide bonds. The fraction of sp³-hybridized carbons (Fsp3) is 0.417. The van der Waals surface area contributed by atoms with Gasteiger partial charge >= 0.3 is 5.97 Å². The van der Waals surface area contributed by atoms with Crippen molar-refractivity contribution < 1.29 is 9.90 Å². The van der Waals surface area contributed by atoms with Gasteiger partial charge in [0, 0.05) is 5.75 Å². The second-order valence-electron chi connectivity index (χ2n) is 4.01. The van der Waals surface area contributed by atoms with Gasteiger partial charge in [0.15, 0.2) is 0 Å². The van der Waals surface area contributed by atoms with Crippen molar-refractivity contribution in [3.63, 3.8) is 0 Å². The van der Waals surface area contributed by atoms with Crippen LogP contribution in [0.2, 0.25) is 0 Å². The van der Waals surface area contributed by atoms with Gasteiger partial charge < -0.3 is 10.8 Å². The molecule has 0 radical (unpaired) electrons. The number of carboxylic acids is 1. The predicted octanol–water partition coefficient (Wildman–Crippen LogP) is 2.11. The van der Waals surface area contributed by atoms with Crippen LogP contribution in [0.4, 0.5) is 0 Å². The minimum Gasteiger partial charge on any atom is -0.480 e. The van der Waals surface area contributed by atoms with Gasteiger partial charge in [-0.15, -0.1) is 0 Å². The zero-order valence-corrected chi connectivity index (χ0v) is 10.2. The number of benzene rings is 1. The van der Waals surface area contributed by atoms with Gasteiger partial charge in [-0.1, -0.05) is 30.3 Å². The molecule has 0 aliphatic carbocycles. The van der Waals surface area contributed by atoms with Crippen molar-refractivity contribution in [2.24, 2.45) is 5.73 Å². The van der Waals surface area contributed by atoms with Crippen molar-refractivity contribution in [2.45, 2.75) is 24.6 Å². The molecule has 4 heteroatoms. The Labute approximate surface area is 100 Å². The van der Waals surface area contributed by atoms with Gasteiger partial charge in [0.25, 0.3) is 0 Å². The number of nitrogens with two attached hydrogens (primary N) is 1. The summed E-state index contributed by atoms with van der Waals surface area (Å²) in [6.45, 7) is 1.55. The van der Waals surface area contributed by atoms with E-state index in [4.69, 9.17) is 10.8 Å².